The number of nitrogens with zero attached hydrogens (tertiary/aromatic N) is 3. The Kier molecular flexibility index (Phi) is 5.72. The molecule has 0 bridgehead atoms. The summed E-state index contributed by atoms with van der Waals surface area (Å²) in [6.07, 6.45) is 10.1. The largest absolute Gasteiger partial charge is 0.393 e. The van der Waals surface area contributed by atoms with E-state index in [4.69, 9.17) is 0 Å². The highest BCUT2D eigenvalue weighted by atomic mass is 19.1. The first-order chi connectivity index (χ1) is 14.6. The van der Waals surface area contributed by atoms with Crippen molar-refractivity contribution in [3.63, 3.8) is 0 Å². The van der Waals surface area contributed by atoms with E-state index >= 15 is 0 Å². The summed E-state index contributed by atoms with van der Waals surface area (Å²) in [5.74, 6) is -0.476. The fourth-order valence-corrected chi connectivity index (χ4v) is 4.03. The molecule has 1 fully saturated rings. The molecule has 30 heavy (non-hydrogen) atoms. The normalized spacial score (nSPS) is 20.4. The van der Waals surface area contributed by atoms with Gasteiger partial charge in [0.1, 0.15) is 5.82 Å². The van der Waals surface area contributed by atoms with Crippen LogP contribution >= 0.6 is 0 Å². The molecule has 2 heterocycles. The lowest BCUT2D eigenvalue weighted by atomic mass is 9.82. The van der Waals surface area contributed by atoms with Gasteiger partial charge in [-0.15, -0.1) is 0 Å². The fraction of sp³-hybridized carbons (Fsp3) is 0.261. The van der Waals surface area contributed by atoms with E-state index in [1.807, 2.05) is 6.08 Å². The molecule has 0 aliphatic heterocycles. The molecule has 6 nitrogen and oxygen atoms in total. The van der Waals surface area contributed by atoms with Crippen molar-refractivity contribution in [2.24, 2.45) is 5.92 Å². The van der Waals surface area contributed by atoms with E-state index in [1.165, 1.54) is 6.07 Å². The third-order valence-corrected chi connectivity index (χ3v) is 5.48. The molecule has 154 valence electrons. The molecular formula is C23H23FN4O2. The molecule has 2 unspecified atom stereocenters. The quantitative estimate of drug-likeness (QED) is 0.679. The summed E-state index contributed by atoms with van der Waals surface area (Å²) in [4.78, 5) is 21.4. The summed E-state index contributed by atoms with van der Waals surface area (Å²) in [5.41, 5.74) is 1.90. The van der Waals surface area contributed by atoms with Crippen LogP contribution < -0.4 is 5.32 Å². The van der Waals surface area contributed by atoms with Gasteiger partial charge in [-0.3, -0.25) is 9.36 Å². The number of hydrogen-bond donors (Lipinski definition) is 2. The van der Waals surface area contributed by atoms with Crippen molar-refractivity contribution < 1.29 is 14.3 Å². The number of carbonyl (C=O) groups is 1. The van der Waals surface area contributed by atoms with Crippen molar-refractivity contribution in [1.82, 2.24) is 19.9 Å². The Hall–Kier alpha value is -3.32. The first-order valence-electron chi connectivity index (χ1n) is 9.93. The molecule has 1 aliphatic rings. The highest BCUT2D eigenvalue weighted by molar-refractivity contribution is 6.07. The summed E-state index contributed by atoms with van der Waals surface area (Å²) in [5, 5.41) is 13.2. The highest BCUT2D eigenvalue weighted by Gasteiger charge is 2.26. The number of aromatic nitrogens is 3. The summed E-state index contributed by atoms with van der Waals surface area (Å²) >= 11 is 0. The van der Waals surface area contributed by atoms with Crippen LogP contribution in [0.3, 0.4) is 0 Å². The molecule has 0 saturated heterocycles. The monoisotopic (exact) mass is 406 g/mol. The molecular weight excluding hydrogens is 383 g/mol. The van der Waals surface area contributed by atoms with Gasteiger partial charge in [0.15, 0.2) is 0 Å². The van der Waals surface area contributed by atoms with Crippen LogP contribution in [0.5, 0.6) is 0 Å². The van der Waals surface area contributed by atoms with Gasteiger partial charge in [-0.25, -0.2) is 14.4 Å². The van der Waals surface area contributed by atoms with Crippen molar-refractivity contribution >= 4 is 16.8 Å². The summed E-state index contributed by atoms with van der Waals surface area (Å²) in [6, 6.07) is 6.34. The maximum absolute atomic E-state index is 14.7. The molecule has 7 heteroatoms. The van der Waals surface area contributed by atoms with E-state index in [0.29, 0.717) is 30.9 Å². The lowest BCUT2D eigenvalue weighted by Crippen LogP contribution is -2.34. The van der Waals surface area contributed by atoms with Gasteiger partial charge in [0.25, 0.3) is 5.91 Å². The molecule has 1 aliphatic carbocycles. The summed E-state index contributed by atoms with van der Waals surface area (Å²) < 4.78 is 16.3. The van der Waals surface area contributed by atoms with Gasteiger partial charge in [-0.2, -0.15) is 0 Å². The van der Waals surface area contributed by atoms with Crippen LogP contribution in [0, 0.1) is 11.7 Å². The lowest BCUT2D eigenvalue weighted by Gasteiger charge is -2.29. The van der Waals surface area contributed by atoms with Crippen molar-refractivity contribution in [1.29, 1.82) is 0 Å². The number of halogens is 1. The number of carbonyl (C=O) groups excluding carboxylic acids is 1. The van der Waals surface area contributed by atoms with Crippen LogP contribution in [-0.2, 0) is 0 Å². The number of hydrogen-bond acceptors (Lipinski definition) is 4. The number of amides is 1. The average molecular weight is 406 g/mol. The number of fused-ring (bicyclic) bond motifs is 1. The van der Waals surface area contributed by atoms with E-state index in [9.17, 15) is 14.3 Å². The Balaban J connectivity index is 1.64. The number of nitrogens with one attached hydrogen (secondary N) is 1. The zero-order chi connectivity index (χ0) is 21.1. The second-order valence-electron chi connectivity index (χ2n) is 7.41. The maximum atomic E-state index is 14.7. The Labute approximate surface area is 173 Å². The number of allylic oxidation sites excluding steroid dienone is 2. The van der Waals surface area contributed by atoms with Gasteiger partial charge >= 0.3 is 0 Å². The third kappa shape index (κ3) is 3.89. The standard InChI is InChI=1S/C23H23FN4O2/c1-2-5-15-8-9-17(29)12-16(15)13-27-22(30)18-14-28(23-25-10-4-11-26-23)20-7-3-6-19(24)21(18)20/h2-7,10-11,14,16-17,29H,1,8-9,12-13H2,(H,27,30)/b15-5+. The highest BCUT2D eigenvalue weighted by Crippen LogP contribution is 2.30. The van der Waals surface area contributed by atoms with Crippen molar-refractivity contribution in [2.45, 2.75) is 25.4 Å². The molecule has 3 aromatic rings. The molecule has 4 rings (SSSR count). The topological polar surface area (TPSA) is 80.0 Å². The van der Waals surface area contributed by atoms with Crippen molar-refractivity contribution in [3.05, 3.63) is 78.5 Å². The number of benzene rings is 1. The smallest absolute Gasteiger partial charge is 0.253 e. The van der Waals surface area contributed by atoms with E-state index in [2.05, 4.69) is 21.9 Å². The molecule has 1 aromatic carbocycles. The van der Waals surface area contributed by atoms with E-state index in [-0.39, 0.29) is 28.9 Å². The van der Waals surface area contributed by atoms with E-state index in [1.54, 1.807) is 47.4 Å². The molecule has 2 atom stereocenters. The Bertz CT molecular complexity index is 1110. The zero-order valence-electron chi connectivity index (χ0n) is 16.5. The van der Waals surface area contributed by atoms with Gasteiger partial charge in [0.05, 0.1) is 17.2 Å². The minimum atomic E-state index is -0.479. The van der Waals surface area contributed by atoms with Crippen LogP contribution in [0.2, 0.25) is 0 Å². The molecule has 1 amide bonds. The van der Waals surface area contributed by atoms with Gasteiger partial charge in [0, 0.05) is 30.5 Å². The second-order valence-corrected chi connectivity index (χ2v) is 7.41. The fourth-order valence-electron chi connectivity index (χ4n) is 4.03. The van der Waals surface area contributed by atoms with Gasteiger partial charge in [-0.1, -0.05) is 30.4 Å². The van der Waals surface area contributed by atoms with Crippen LogP contribution in [0.4, 0.5) is 4.39 Å². The Morgan fingerprint density at radius 2 is 2.13 bits per heavy atom. The zero-order valence-corrected chi connectivity index (χ0v) is 16.5. The van der Waals surface area contributed by atoms with Gasteiger partial charge < -0.3 is 10.4 Å². The van der Waals surface area contributed by atoms with E-state index < -0.39 is 5.82 Å². The first-order valence-corrected chi connectivity index (χ1v) is 9.93. The molecule has 0 spiro atoms. The number of aliphatic hydroxyl groups is 1. The SMILES string of the molecule is C=C/C=C1\CCC(O)CC1CNC(=O)c1cn(-c2ncccn2)c2cccc(F)c12. The van der Waals surface area contributed by atoms with Crippen LogP contribution in [0.15, 0.2) is 67.2 Å². The second kappa shape index (κ2) is 8.59. The summed E-state index contributed by atoms with van der Waals surface area (Å²) in [7, 11) is 0. The minimum Gasteiger partial charge on any atom is -0.393 e. The Morgan fingerprint density at radius 3 is 2.90 bits per heavy atom. The third-order valence-electron chi connectivity index (χ3n) is 5.48. The van der Waals surface area contributed by atoms with Crippen molar-refractivity contribution in [3.8, 4) is 5.95 Å². The van der Waals surface area contributed by atoms with Gasteiger partial charge in [0.2, 0.25) is 5.95 Å². The van der Waals surface area contributed by atoms with Gasteiger partial charge in [-0.05, 0) is 43.4 Å². The van der Waals surface area contributed by atoms with Crippen LogP contribution in [0.25, 0.3) is 16.9 Å². The molecule has 1 saturated carbocycles. The van der Waals surface area contributed by atoms with E-state index in [0.717, 1.165) is 12.0 Å². The van der Waals surface area contributed by atoms with Crippen LogP contribution in [-0.4, -0.2) is 38.2 Å². The van der Waals surface area contributed by atoms with Crippen molar-refractivity contribution in [2.75, 3.05) is 6.54 Å². The number of aliphatic hydroxyl groups excluding tert-OH is 1. The Morgan fingerprint density at radius 1 is 1.33 bits per heavy atom. The molecule has 2 aromatic heterocycles. The predicted molar refractivity (Wildman–Crippen MR) is 113 cm³/mol. The first kappa shape index (κ1) is 20.0. The summed E-state index contributed by atoms with van der Waals surface area (Å²) in [6.45, 7) is 4.10. The molecule has 2 N–H and O–H groups in total. The lowest BCUT2D eigenvalue weighted by molar-refractivity contribution is 0.0925. The number of rotatable bonds is 5. The molecule has 0 radical (unpaired) electrons. The average Bonchev–Trinajstić information content (AvgIpc) is 3.15. The van der Waals surface area contributed by atoms with Crippen LogP contribution in [0.1, 0.15) is 29.6 Å². The predicted octanol–water partition coefficient (Wildman–Crippen LogP) is 3.56. The maximum Gasteiger partial charge on any atom is 0.253 e. The minimum absolute atomic E-state index is 0.0198.